The fourth-order valence-electron chi connectivity index (χ4n) is 0.373. The summed E-state index contributed by atoms with van der Waals surface area (Å²) >= 11 is 4.81. The Morgan fingerprint density at radius 2 is 2.62 bits per heavy atom. The minimum absolute atomic E-state index is 0.575. The summed E-state index contributed by atoms with van der Waals surface area (Å²) in [6.45, 7) is 0.575. The van der Waals surface area contributed by atoms with Crippen molar-refractivity contribution in [1.29, 1.82) is 0 Å². The molecule has 0 spiro atoms. The number of nitrogens with zero attached hydrogens (tertiary/aromatic N) is 1. The van der Waals surface area contributed by atoms with Crippen LogP contribution in [-0.4, -0.2) is 17.8 Å². The van der Waals surface area contributed by atoms with Gasteiger partial charge in [-0.05, 0) is 6.08 Å². The van der Waals surface area contributed by atoms with Gasteiger partial charge in [-0.25, -0.2) is 0 Å². The van der Waals surface area contributed by atoms with Crippen LogP contribution in [0, 0.1) is 0 Å². The Hall–Kier alpha value is -0.700. The van der Waals surface area contributed by atoms with Crippen LogP contribution >= 0.6 is 12.2 Å². The zero-order chi connectivity index (χ0) is 5.82. The number of ether oxygens (including phenoxy) is 1. The minimum Gasteiger partial charge on any atom is -0.454 e. The average molecular weight is 127 g/mol. The summed E-state index contributed by atoms with van der Waals surface area (Å²) in [6.07, 6.45) is 4.64. The van der Waals surface area contributed by atoms with Crippen LogP contribution in [0.2, 0.25) is 0 Å². The number of rotatable bonds is 0. The molecule has 3 heteroatoms. The molecule has 1 heterocycles. The normalized spacial score (nSPS) is 17.8. The molecule has 0 bridgehead atoms. The summed E-state index contributed by atoms with van der Waals surface area (Å²) in [5, 5.41) is 0. The number of hydrogen-bond donors (Lipinski definition) is 0. The monoisotopic (exact) mass is 127 g/mol. The lowest BCUT2D eigenvalue weighted by Crippen LogP contribution is -1.90. The zero-order valence-electron chi connectivity index (χ0n) is 4.20. The predicted octanol–water partition coefficient (Wildman–Crippen LogP) is 0.928. The van der Waals surface area contributed by atoms with E-state index in [1.54, 1.807) is 6.08 Å². The van der Waals surface area contributed by atoms with E-state index >= 15 is 0 Å². The first-order chi connectivity index (χ1) is 3.89. The molecular formula is C5H5NOS. The topological polar surface area (TPSA) is 21.6 Å². The molecule has 0 unspecified atom stereocenters. The highest BCUT2D eigenvalue weighted by Gasteiger charge is 1.89. The first kappa shape index (κ1) is 5.44. The Bertz CT molecular complexity index is 151. The van der Waals surface area contributed by atoms with Crippen molar-refractivity contribution >= 4 is 23.5 Å². The second-order valence-corrected chi connectivity index (χ2v) is 1.88. The Morgan fingerprint density at radius 3 is 3.50 bits per heavy atom. The maximum absolute atomic E-state index is 4.81. The molecule has 1 aliphatic rings. The highest BCUT2D eigenvalue weighted by molar-refractivity contribution is 7.80. The van der Waals surface area contributed by atoms with E-state index in [-0.39, 0.29) is 0 Å². The highest BCUT2D eigenvalue weighted by Crippen LogP contribution is 1.87. The van der Waals surface area contributed by atoms with Crippen LogP contribution < -0.4 is 0 Å². The molecule has 0 aromatic carbocycles. The van der Waals surface area contributed by atoms with Crippen molar-refractivity contribution in [2.24, 2.45) is 4.99 Å². The Kier molecular flexibility index (Phi) is 1.75. The molecule has 0 saturated heterocycles. The van der Waals surface area contributed by atoms with E-state index in [0.717, 1.165) is 4.86 Å². The summed E-state index contributed by atoms with van der Waals surface area (Å²) in [4.78, 5) is 4.61. The van der Waals surface area contributed by atoms with Crippen LogP contribution in [-0.2, 0) is 4.74 Å². The van der Waals surface area contributed by atoms with Crippen molar-refractivity contribution in [3.05, 3.63) is 12.3 Å². The molecule has 0 saturated carbocycles. The number of hydrogen-bond acceptors (Lipinski definition) is 3. The molecule has 1 aliphatic heterocycles. The van der Waals surface area contributed by atoms with E-state index < -0.39 is 0 Å². The summed E-state index contributed by atoms with van der Waals surface area (Å²) in [5.41, 5.74) is 0. The molecule has 2 nitrogen and oxygen atoms in total. The standard InChI is InChI=1S/C5H5NOS/c8-5-1-2-7-4-6-3-5/h1-2,4H,3H2. The Morgan fingerprint density at radius 1 is 1.75 bits per heavy atom. The van der Waals surface area contributed by atoms with Gasteiger partial charge in [0.05, 0.1) is 12.8 Å². The van der Waals surface area contributed by atoms with E-state index in [2.05, 4.69) is 4.99 Å². The van der Waals surface area contributed by atoms with Gasteiger partial charge in [0.15, 0.2) is 6.40 Å². The van der Waals surface area contributed by atoms with Gasteiger partial charge >= 0.3 is 0 Å². The molecule has 0 amide bonds. The molecule has 1 rings (SSSR count). The van der Waals surface area contributed by atoms with E-state index in [4.69, 9.17) is 17.0 Å². The van der Waals surface area contributed by atoms with Crippen LogP contribution in [0.4, 0.5) is 0 Å². The summed E-state index contributed by atoms with van der Waals surface area (Å²) < 4.78 is 4.71. The van der Waals surface area contributed by atoms with E-state index in [1.165, 1.54) is 12.7 Å². The average Bonchev–Trinajstić information content (AvgIpc) is 1.94. The molecule has 0 radical (unpaired) electrons. The molecule has 0 aromatic rings. The van der Waals surface area contributed by atoms with E-state index in [1.807, 2.05) is 0 Å². The lowest BCUT2D eigenvalue weighted by atomic mass is 10.4. The fourth-order valence-corrected chi connectivity index (χ4v) is 0.503. The maximum Gasteiger partial charge on any atom is 0.176 e. The quantitative estimate of drug-likeness (QED) is 0.451. The largest absolute Gasteiger partial charge is 0.454 e. The molecule has 0 aromatic heterocycles. The third kappa shape index (κ3) is 1.42. The smallest absolute Gasteiger partial charge is 0.176 e. The third-order valence-corrected chi connectivity index (χ3v) is 0.980. The zero-order valence-corrected chi connectivity index (χ0v) is 5.02. The van der Waals surface area contributed by atoms with E-state index in [9.17, 15) is 0 Å². The third-order valence-electron chi connectivity index (χ3n) is 0.715. The van der Waals surface area contributed by atoms with Crippen LogP contribution in [0.1, 0.15) is 0 Å². The second kappa shape index (κ2) is 2.57. The van der Waals surface area contributed by atoms with Gasteiger partial charge in [-0.3, -0.25) is 4.99 Å². The first-order valence-corrected chi connectivity index (χ1v) is 2.63. The Balaban J connectivity index is 2.61. The van der Waals surface area contributed by atoms with Crippen molar-refractivity contribution in [3.63, 3.8) is 0 Å². The van der Waals surface area contributed by atoms with Crippen LogP contribution in [0.3, 0.4) is 0 Å². The first-order valence-electron chi connectivity index (χ1n) is 2.23. The SMILES string of the molecule is S=C1C=COC=NC1. The van der Waals surface area contributed by atoms with Crippen molar-refractivity contribution < 1.29 is 4.74 Å². The molecule has 42 valence electrons. The van der Waals surface area contributed by atoms with Gasteiger partial charge in [0.25, 0.3) is 0 Å². The van der Waals surface area contributed by atoms with Crippen molar-refractivity contribution in [2.75, 3.05) is 6.54 Å². The van der Waals surface area contributed by atoms with Crippen molar-refractivity contribution in [2.45, 2.75) is 0 Å². The molecular weight excluding hydrogens is 122 g/mol. The van der Waals surface area contributed by atoms with Crippen LogP contribution in [0.25, 0.3) is 0 Å². The predicted molar refractivity (Wildman–Crippen MR) is 36.2 cm³/mol. The van der Waals surface area contributed by atoms with Crippen molar-refractivity contribution in [1.82, 2.24) is 0 Å². The minimum atomic E-state index is 0.575. The highest BCUT2D eigenvalue weighted by atomic mass is 32.1. The van der Waals surface area contributed by atoms with Gasteiger partial charge in [-0.15, -0.1) is 0 Å². The lowest BCUT2D eigenvalue weighted by molar-refractivity contribution is 0.495. The molecule has 0 aliphatic carbocycles. The summed E-state index contributed by atoms with van der Waals surface area (Å²) in [7, 11) is 0. The van der Waals surface area contributed by atoms with Gasteiger partial charge in [-0.2, -0.15) is 0 Å². The summed E-state index contributed by atoms with van der Waals surface area (Å²) in [6, 6.07) is 0. The van der Waals surface area contributed by atoms with Gasteiger partial charge in [-0.1, -0.05) is 12.2 Å². The van der Waals surface area contributed by atoms with Gasteiger partial charge in [0, 0.05) is 4.86 Å². The van der Waals surface area contributed by atoms with Crippen LogP contribution in [0.15, 0.2) is 17.3 Å². The van der Waals surface area contributed by atoms with Crippen molar-refractivity contribution in [3.8, 4) is 0 Å². The number of thiocarbonyl (C=S) groups is 1. The fraction of sp³-hybridized carbons (Fsp3) is 0.200. The maximum atomic E-state index is 4.81. The molecule has 0 fully saturated rings. The molecule has 0 atom stereocenters. The summed E-state index contributed by atoms with van der Waals surface area (Å²) in [5.74, 6) is 0. The van der Waals surface area contributed by atoms with Gasteiger partial charge < -0.3 is 4.74 Å². The van der Waals surface area contributed by atoms with Gasteiger partial charge in [0.2, 0.25) is 0 Å². The molecule has 0 N–H and O–H groups in total. The second-order valence-electron chi connectivity index (χ2n) is 1.35. The van der Waals surface area contributed by atoms with Gasteiger partial charge in [0.1, 0.15) is 0 Å². The lowest BCUT2D eigenvalue weighted by Gasteiger charge is -1.80. The molecule has 8 heavy (non-hydrogen) atoms. The number of aliphatic imine (C=N–C) groups is 1. The van der Waals surface area contributed by atoms with Crippen LogP contribution in [0.5, 0.6) is 0 Å². The van der Waals surface area contributed by atoms with E-state index in [0.29, 0.717) is 6.54 Å². The Labute approximate surface area is 52.9 Å².